The number of allylic oxidation sites excluding steroid dienone is 2. The molecule has 0 amide bonds. The molecule has 0 saturated heterocycles. The van der Waals surface area contributed by atoms with Gasteiger partial charge in [-0.15, -0.1) is 0 Å². The summed E-state index contributed by atoms with van der Waals surface area (Å²) in [5.41, 5.74) is 0. The lowest BCUT2D eigenvalue weighted by molar-refractivity contribution is -0.148. The number of aliphatic carboxylic acids is 1. The van der Waals surface area contributed by atoms with Gasteiger partial charge in [0.2, 0.25) is 0 Å². The van der Waals surface area contributed by atoms with Crippen LogP contribution in [0.15, 0.2) is 12.2 Å². The van der Waals surface area contributed by atoms with Crippen molar-refractivity contribution >= 4 is 11.9 Å². The first-order valence-corrected chi connectivity index (χ1v) is 7.70. The summed E-state index contributed by atoms with van der Waals surface area (Å²) >= 11 is 0. The summed E-state index contributed by atoms with van der Waals surface area (Å²) in [6, 6.07) is 0. The first-order valence-electron chi connectivity index (χ1n) is 7.70. The van der Waals surface area contributed by atoms with Gasteiger partial charge in [-0.1, -0.05) is 38.3 Å². The molecule has 0 spiro atoms. The van der Waals surface area contributed by atoms with Gasteiger partial charge in [0.1, 0.15) is 0 Å². The molecule has 2 aliphatic carbocycles. The number of carbonyl (C=O) groups is 2. The quantitative estimate of drug-likeness (QED) is 0.422. The van der Waals surface area contributed by atoms with Crippen LogP contribution in [0.1, 0.15) is 45.4 Å². The predicted octanol–water partition coefficient (Wildman–Crippen LogP) is 3.02. The Morgan fingerprint density at radius 3 is 2.65 bits per heavy atom. The molecule has 0 aromatic rings. The molecule has 4 nitrogen and oxygen atoms in total. The van der Waals surface area contributed by atoms with E-state index in [1.165, 1.54) is 0 Å². The third-order valence-corrected chi connectivity index (χ3v) is 4.57. The highest BCUT2D eigenvalue weighted by Crippen LogP contribution is 2.49. The van der Waals surface area contributed by atoms with E-state index < -0.39 is 11.9 Å². The maximum Gasteiger partial charge on any atom is 0.307 e. The second-order valence-electron chi connectivity index (χ2n) is 5.96. The third kappa shape index (κ3) is 3.41. The second kappa shape index (κ2) is 6.91. The fraction of sp³-hybridized carbons (Fsp3) is 0.750. The van der Waals surface area contributed by atoms with Crippen molar-refractivity contribution in [2.75, 3.05) is 6.61 Å². The Morgan fingerprint density at radius 1 is 1.20 bits per heavy atom. The van der Waals surface area contributed by atoms with Gasteiger partial charge in [-0.2, -0.15) is 0 Å². The molecule has 0 aromatic heterocycles. The van der Waals surface area contributed by atoms with E-state index in [4.69, 9.17) is 4.74 Å². The Labute approximate surface area is 120 Å². The monoisotopic (exact) mass is 280 g/mol. The molecule has 0 aromatic carbocycles. The Bertz CT molecular complexity index is 388. The van der Waals surface area contributed by atoms with Crippen LogP contribution in [-0.4, -0.2) is 23.7 Å². The minimum atomic E-state index is -0.775. The molecular weight excluding hydrogens is 256 g/mol. The van der Waals surface area contributed by atoms with E-state index in [2.05, 4.69) is 13.0 Å². The van der Waals surface area contributed by atoms with Crippen LogP contribution >= 0.6 is 0 Å². The van der Waals surface area contributed by atoms with E-state index in [0.29, 0.717) is 6.61 Å². The van der Waals surface area contributed by atoms with Gasteiger partial charge >= 0.3 is 11.9 Å². The molecular formula is C16H24O4. The number of esters is 1. The minimum absolute atomic E-state index is 0.0781. The number of hydrogen-bond acceptors (Lipinski definition) is 3. The summed E-state index contributed by atoms with van der Waals surface area (Å²) in [5.74, 6) is -1.14. The van der Waals surface area contributed by atoms with E-state index in [0.717, 1.165) is 32.1 Å². The van der Waals surface area contributed by atoms with Crippen molar-refractivity contribution in [3.05, 3.63) is 12.2 Å². The number of carboxylic acids is 1. The number of fused-ring (bicyclic) bond motifs is 2. The fourth-order valence-electron chi connectivity index (χ4n) is 3.54. The maximum absolute atomic E-state index is 11.8. The van der Waals surface area contributed by atoms with E-state index >= 15 is 0 Å². The summed E-state index contributed by atoms with van der Waals surface area (Å²) in [6.45, 7) is 2.61. The molecule has 0 radical (unpaired) electrons. The maximum atomic E-state index is 11.8. The highest BCUT2D eigenvalue weighted by Gasteiger charge is 2.48. The van der Waals surface area contributed by atoms with Crippen molar-refractivity contribution in [3.8, 4) is 0 Å². The molecule has 4 unspecified atom stereocenters. The molecule has 2 aliphatic rings. The smallest absolute Gasteiger partial charge is 0.307 e. The minimum Gasteiger partial charge on any atom is -0.481 e. The van der Waals surface area contributed by atoms with Crippen LogP contribution in [0.5, 0.6) is 0 Å². The highest BCUT2D eigenvalue weighted by molar-refractivity contribution is 5.75. The van der Waals surface area contributed by atoms with Gasteiger partial charge in [0, 0.05) is 6.42 Å². The second-order valence-corrected chi connectivity index (χ2v) is 5.96. The molecule has 4 heteroatoms. The SMILES string of the molecule is CCCCCCOC(=O)CC1C2C=CC(C2)C1C(=O)O. The van der Waals surface area contributed by atoms with E-state index in [9.17, 15) is 14.7 Å². The Kier molecular flexibility index (Phi) is 5.21. The van der Waals surface area contributed by atoms with Crippen molar-refractivity contribution in [2.24, 2.45) is 23.7 Å². The van der Waals surface area contributed by atoms with Crippen LogP contribution in [0, 0.1) is 23.7 Å². The number of unbranched alkanes of at least 4 members (excludes halogenated alkanes) is 3. The molecule has 1 fully saturated rings. The fourth-order valence-corrected chi connectivity index (χ4v) is 3.54. The van der Waals surface area contributed by atoms with Crippen molar-refractivity contribution in [1.82, 2.24) is 0 Å². The molecule has 112 valence electrons. The standard InChI is InChI=1S/C16H24O4/c1-2-3-4-5-8-20-14(17)10-13-11-6-7-12(9-11)15(13)16(18)19/h6-7,11-13,15H,2-5,8-10H2,1H3,(H,18,19). The highest BCUT2D eigenvalue weighted by atomic mass is 16.5. The van der Waals surface area contributed by atoms with Crippen LogP contribution in [0.4, 0.5) is 0 Å². The van der Waals surface area contributed by atoms with E-state index in [1.807, 2.05) is 6.08 Å². The molecule has 0 aliphatic heterocycles. The first kappa shape index (κ1) is 15.1. The Hall–Kier alpha value is -1.32. The molecule has 4 atom stereocenters. The Balaban J connectivity index is 1.76. The predicted molar refractivity (Wildman–Crippen MR) is 75.1 cm³/mol. The number of carboxylic acid groups (broad SMARTS) is 1. The lowest BCUT2D eigenvalue weighted by Gasteiger charge is -2.23. The largest absolute Gasteiger partial charge is 0.481 e. The normalized spacial score (nSPS) is 30.6. The molecule has 1 saturated carbocycles. The molecule has 20 heavy (non-hydrogen) atoms. The zero-order valence-electron chi connectivity index (χ0n) is 12.1. The number of hydrogen-bond donors (Lipinski definition) is 1. The van der Waals surface area contributed by atoms with Gasteiger partial charge < -0.3 is 9.84 Å². The number of ether oxygens (including phenoxy) is 1. The topological polar surface area (TPSA) is 63.6 Å². The van der Waals surface area contributed by atoms with Gasteiger partial charge in [0.25, 0.3) is 0 Å². The average molecular weight is 280 g/mol. The lowest BCUT2D eigenvalue weighted by atomic mass is 9.81. The molecule has 0 heterocycles. The van der Waals surface area contributed by atoms with Gasteiger partial charge in [-0.3, -0.25) is 9.59 Å². The Morgan fingerprint density at radius 2 is 1.95 bits per heavy atom. The van der Waals surface area contributed by atoms with Gasteiger partial charge in [0.05, 0.1) is 12.5 Å². The van der Waals surface area contributed by atoms with Crippen molar-refractivity contribution in [3.63, 3.8) is 0 Å². The first-order chi connectivity index (χ1) is 9.63. The van der Waals surface area contributed by atoms with Crippen molar-refractivity contribution in [2.45, 2.75) is 45.4 Å². The zero-order chi connectivity index (χ0) is 14.5. The summed E-state index contributed by atoms with van der Waals surface area (Å²) in [5, 5.41) is 9.31. The third-order valence-electron chi connectivity index (χ3n) is 4.57. The van der Waals surface area contributed by atoms with Gasteiger partial charge in [0.15, 0.2) is 0 Å². The summed E-state index contributed by atoms with van der Waals surface area (Å²) in [7, 11) is 0. The van der Waals surface area contributed by atoms with Crippen molar-refractivity contribution in [1.29, 1.82) is 0 Å². The van der Waals surface area contributed by atoms with Gasteiger partial charge in [-0.05, 0) is 30.6 Å². The van der Waals surface area contributed by atoms with E-state index in [1.54, 1.807) is 0 Å². The molecule has 2 bridgehead atoms. The van der Waals surface area contributed by atoms with Crippen LogP contribution in [0.2, 0.25) is 0 Å². The van der Waals surface area contributed by atoms with Crippen LogP contribution in [0.3, 0.4) is 0 Å². The molecule has 1 N–H and O–H groups in total. The van der Waals surface area contributed by atoms with Crippen LogP contribution < -0.4 is 0 Å². The molecule has 2 rings (SSSR count). The van der Waals surface area contributed by atoms with Gasteiger partial charge in [-0.25, -0.2) is 0 Å². The lowest BCUT2D eigenvalue weighted by Crippen LogP contribution is -2.29. The van der Waals surface area contributed by atoms with E-state index in [-0.39, 0.29) is 30.1 Å². The summed E-state index contributed by atoms with van der Waals surface area (Å²) in [6.07, 6.45) is 9.50. The van der Waals surface area contributed by atoms with Crippen LogP contribution in [0.25, 0.3) is 0 Å². The average Bonchev–Trinajstić information content (AvgIpc) is 2.99. The number of rotatable bonds is 8. The number of carbonyl (C=O) groups excluding carboxylic acids is 1. The van der Waals surface area contributed by atoms with Crippen molar-refractivity contribution < 1.29 is 19.4 Å². The van der Waals surface area contributed by atoms with Crippen LogP contribution in [-0.2, 0) is 14.3 Å². The zero-order valence-corrected chi connectivity index (χ0v) is 12.1. The summed E-state index contributed by atoms with van der Waals surface area (Å²) < 4.78 is 5.23. The summed E-state index contributed by atoms with van der Waals surface area (Å²) in [4.78, 5) is 23.2.